The summed E-state index contributed by atoms with van der Waals surface area (Å²) >= 11 is 0. The van der Waals surface area contributed by atoms with Crippen molar-refractivity contribution in [3.05, 3.63) is 30.1 Å². The summed E-state index contributed by atoms with van der Waals surface area (Å²) in [5.74, 6) is -0.0427. The molecule has 19 heavy (non-hydrogen) atoms. The normalized spacial score (nSPS) is 24.7. The number of hydrogen-bond acceptors (Lipinski definition) is 3. The van der Waals surface area contributed by atoms with E-state index in [1.807, 2.05) is 12.1 Å². The molecule has 2 aliphatic rings. The maximum Gasteiger partial charge on any atom is 0.270 e. The highest BCUT2D eigenvalue weighted by Crippen LogP contribution is 2.26. The summed E-state index contributed by atoms with van der Waals surface area (Å²) in [6.07, 6.45) is 8.13. The Morgan fingerprint density at radius 1 is 1.26 bits per heavy atom. The number of carbonyl (C=O) groups excluding carboxylic acids is 1. The van der Waals surface area contributed by atoms with Gasteiger partial charge in [-0.15, -0.1) is 0 Å². The first-order chi connectivity index (χ1) is 9.33. The third kappa shape index (κ3) is 2.95. The minimum Gasteiger partial charge on any atom is -0.347 e. The molecule has 0 bridgehead atoms. The lowest BCUT2D eigenvalue weighted by Crippen LogP contribution is -2.39. The van der Waals surface area contributed by atoms with Gasteiger partial charge >= 0.3 is 0 Å². The summed E-state index contributed by atoms with van der Waals surface area (Å²) in [5.41, 5.74) is 0.516. The van der Waals surface area contributed by atoms with Crippen molar-refractivity contribution >= 4 is 5.91 Å². The Morgan fingerprint density at radius 3 is 2.84 bits per heavy atom. The van der Waals surface area contributed by atoms with Crippen LogP contribution in [0.3, 0.4) is 0 Å². The monoisotopic (exact) mass is 259 g/mol. The number of amides is 1. The Balaban J connectivity index is 1.53. The Labute approximate surface area is 114 Å². The van der Waals surface area contributed by atoms with Gasteiger partial charge in [-0.3, -0.25) is 14.7 Å². The lowest BCUT2D eigenvalue weighted by atomic mass is 10.2. The molecule has 1 aromatic heterocycles. The fraction of sp³-hybridized carbons (Fsp3) is 0.600. The maximum atomic E-state index is 12.0. The predicted octanol–water partition coefficient (Wildman–Crippen LogP) is 1.83. The van der Waals surface area contributed by atoms with Gasteiger partial charge in [-0.25, -0.2) is 0 Å². The van der Waals surface area contributed by atoms with Crippen LogP contribution in [0.25, 0.3) is 0 Å². The molecule has 102 valence electrons. The first-order valence-electron chi connectivity index (χ1n) is 7.29. The van der Waals surface area contributed by atoms with Crippen molar-refractivity contribution in [2.75, 3.05) is 13.1 Å². The highest BCUT2D eigenvalue weighted by Gasteiger charge is 2.30. The highest BCUT2D eigenvalue weighted by atomic mass is 16.1. The van der Waals surface area contributed by atoms with Crippen LogP contribution in [0.15, 0.2) is 24.4 Å². The molecule has 1 unspecified atom stereocenters. The molecule has 2 heterocycles. The molecule has 1 aliphatic heterocycles. The van der Waals surface area contributed by atoms with Crippen LogP contribution in [-0.2, 0) is 0 Å². The van der Waals surface area contributed by atoms with E-state index in [1.165, 1.54) is 25.7 Å². The standard InChI is InChI=1S/C15H21N3O/c19-15(14-7-3-4-9-16-14)17-12-8-10-18(11-12)13-5-1-2-6-13/h3-4,7,9,12-13H,1-2,5-6,8,10-11H2,(H,17,19). The molecular formula is C15H21N3O. The Morgan fingerprint density at radius 2 is 2.11 bits per heavy atom. The van der Waals surface area contributed by atoms with Crippen LogP contribution in [0, 0.1) is 0 Å². The van der Waals surface area contributed by atoms with Crippen LogP contribution in [0.1, 0.15) is 42.6 Å². The maximum absolute atomic E-state index is 12.0. The van der Waals surface area contributed by atoms with Gasteiger partial charge in [-0.05, 0) is 31.4 Å². The molecule has 1 N–H and O–H groups in total. The number of pyridine rings is 1. The number of nitrogens with one attached hydrogen (secondary N) is 1. The molecule has 0 radical (unpaired) electrons. The van der Waals surface area contributed by atoms with Crippen LogP contribution in [0.2, 0.25) is 0 Å². The van der Waals surface area contributed by atoms with Gasteiger partial charge in [0.25, 0.3) is 5.91 Å². The average Bonchev–Trinajstić information content (AvgIpc) is 3.10. The second-order valence-corrected chi connectivity index (χ2v) is 5.61. The summed E-state index contributed by atoms with van der Waals surface area (Å²) in [6.45, 7) is 2.13. The van der Waals surface area contributed by atoms with Crippen LogP contribution in [0.4, 0.5) is 0 Å². The molecule has 0 spiro atoms. The van der Waals surface area contributed by atoms with E-state index in [2.05, 4.69) is 15.2 Å². The fourth-order valence-corrected chi connectivity index (χ4v) is 3.26. The zero-order valence-corrected chi connectivity index (χ0v) is 11.2. The molecule has 1 amide bonds. The van der Waals surface area contributed by atoms with Crippen LogP contribution in [0.5, 0.6) is 0 Å². The molecule has 0 aromatic carbocycles. The molecular weight excluding hydrogens is 238 g/mol. The molecule has 4 nitrogen and oxygen atoms in total. The molecule has 1 aliphatic carbocycles. The van der Waals surface area contributed by atoms with E-state index in [9.17, 15) is 4.79 Å². The Hall–Kier alpha value is -1.42. The molecule has 2 fully saturated rings. The largest absolute Gasteiger partial charge is 0.347 e. The predicted molar refractivity (Wildman–Crippen MR) is 73.9 cm³/mol. The molecule has 4 heteroatoms. The van der Waals surface area contributed by atoms with Gasteiger partial charge < -0.3 is 5.32 Å². The van der Waals surface area contributed by atoms with Gasteiger partial charge in [-0.2, -0.15) is 0 Å². The summed E-state index contributed by atoms with van der Waals surface area (Å²) in [4.78, 5) is 18.7. The number of aromatic nitrogens is 1. The third-order valence-electron chi connectivity index (χ3n) is 4.29. The van der Waals surface area contributed by atoms with E-state index in [0.717, 1.165) is 25.6 Å². The summed E-state index contributed by atoms with van der Waals surface area (Å²) in [7, 11) is 0. The number of likely N-dealkylation sites (tertiary alicyclic amines) is 1. The van der Waals surface area contributed by atoms with Gasteiger partial charge in [0.05, 0.1) is 0 Å². The van der Waals surface area contributed by atoms with Gasteiger partial charge in [-0.1, -0.05) is 18.9 Å². The second-order valence-electron chi connectivity index (χ2n) is 5.61. The van der Waals surface area contributed by atoms with Crippen LogP contribution < -0.4 is 5.32 Å². The molecule has 1 saturated carbocycles. The topological polar surface area (TPSA) is 45.2 Å². The van der Waals surface area contributed by atoms with Crippen molar-refractivity contribution in [1.29, 1.82) is 0 Å². The second kappa shape index (κ2) is 5.70. The Bertz CT molecular complexity index is 428. The van der Waals surface area contributed by atoms with Gasteiger partial charge in [0.1, 0.15) is 5.69 Å². The van der Waals surface area contributed by atoms with Gasteiger partial charge in [0, 0.05) is 31.4 Å². The van der Waals surface area contributed by atoms with Crippen molar-refractivity contribution in [3.63, 3.8) is 0 Å². The van der Waals surface area contributed by atoms with E-state index in [-0.39, 0.29) is 11.9 Å². The van der Waals surface area contributed by atoms with Crippen molar-refractivity contribution in [2.45, 2.75) is 44.2 Å². The highest BCUT2D eigenvalue weighted by molar-refractivity contribution is 5.92. The van der Waals surface area contributed by atoms with Crippen molar-refractivity contribution in [3.8, 4) is 0 Å². The van der Waals surface area contributed by atoms with Crippen LogP contribution in [-0.4, -0.2) is 41.0 Å². The van der Waals surface area contributed by atoms with E-state index in [1.54, 1.807) is 12.3 Å². The SMILES string of the molecule is O=C(NC1CCN(C2CCCC2)C1)c1ccccn1. The van der Waals surface area contributed by atoms with E-state index in [4.69, 9.17) is 0 Å². The zero-order chi connectivity index (χ0) is 13.1. The fourth-order valence-electron chi connectivity index (χ4n) is 3.26. The summed E-state index contributed by atoms with van der Waals surface area (Å²) < 4.78 is 0. The minimum absolute atomic E-state index is 0.0427. The molecule has 1 atom stereocenters. The van der Waals surface area contributed by atoms with Crippen molar-refractivity contribution < 1.29 is 4.79 Å². The number of hydrogen-bond donors (Lipinski definition) is 1. The van der Waals surface area contributed by atoms with E-state index in [0.29, 0.717) is 5.69 Å². The quantitative estimate of drug-likeness (QED) is 0.900. The number of rotatable bonds is 3. The van der Waals surface area contributed by atoms with Crippen molar-refractivity contribution in [2.24, 2.45) is 0 Å². The minimum atomic E-state index is -0.0427. The first-order valence-corrected chi connectivity index (χ1v) is 7.29. The Kier molecular flexibility index (Phi) is 3.78. The summed E-state index contributed by atoms with van der Waals surface area (Å²) in [6, 6.07) is 6.49. The summed E-state index contributed by atoms with van der Waals surface area (Å²) in [5, 5.41) is 3.11. The third-order valence-corrected chi connectivity index (χ3v) is 4.29. The van der Waals surface area contributed by atoms with Gasteiger partial charge in [0.2, 0.25) is 0 Å². The number of nitrogens with zero attached hydrogens (tertiary/aromatic N) is 2. The average molecular weight is 259 g/mol. The molecule has 1 saturated heterocycles. The van der Waals surface area contributed by atoms with Crippen molar-refractivity contribution in [1.82, 2.24) is 15.2 Å². The van der Waals surface area contributed by atoms with E-state index < -0.39 is 0 Å². The zero-order valence-electron chi connectivity index (χ0n) is 11.2. The lowest BCUT2D eigenvalue weighted by Gasteiger charge is -2.23. The number of carbonyl (C=O) groups is 1. The first kappa shape index (κ1) is 12.6. The smallest absolute Gasteiger partial charge is 0.270 e. The lowest BCUT2D eigenvalue weighted by molar-refractivity contribution is 0.0931. The molecule has 1 aromatic rings. The van der Waals surface area contributed by atoms with Gasteiger partial charge in [0.15, 0.2) is 0 Å². The van der Waals surface area contributed by atoms with E-state index >= 15 is 0 Å². The van der Waals surface area contributed by atoms with Crippen LogP contribution >= 0.6 is 0 Å². The molecule has 3 rings (SSSR count).